The van der Waals surface area contributed by atoms with Crippen LogP contribution in [0.25, 0.3) is 44.1 Å². The molecule has 0 bridgehead atoms. The summed E-state index contributed by atoms with van der Waals surface area (Å²) in [5.41, 5.74) is 6.49. The van der Waals surface area contributed by atoms with Crippen LogP contribution in [0.15, 0.2) is 72.8 Å². The number of ketones is 4. The zero-order valence-corrected chi connectivity index (χ0v) is 92.7. The van der Waals surface area contributed by atoms with E-state index >= 15 is 0 Å². The number of Topliss-reactive ketones (excluding diaryl/α,β-unsaturated/α-hetero) is 4. The van der Waals surface area contributed by atoms with E-state index in [9.17, 15) is 39.6 Å². The maximum absolute atomic E-state index is 14.0. The number of hydrogen-bond donors (Lipinski definition) is 5. The van der Waals surface area contributed by atoms with Crippen LogP contribution in [-0.4, -0.2) is 160 Å². The van der Waals surface area contributed by atoms with Crippen LogP contribution < -0.4 is 18.9 Å². The topological polar surface area (TPSA) is 320 Å². The van der Waals surface area contributed by atoms with E-state index < -0.39 is 22.4 Å². The molecular formula is C120H173BrN12O12. The predicted octanol–water partition coefficient (Wildman–Crippen LogP) is 23.6. The van der Waals surface area contributed by atoms with Crippen LogP contribution in [0, 0.1) is 185 Å². The van der Waals surface area contributed by atoms with E-state index in [1.165, 1.54) is 109 Å². The summed E-state index contributed by atoms with van der Waals surface area (Å²) < 4.78 is 24.6. The van der Waals surface area contributed by atoms with Gasteiger partial charge < -0.3 is 39.4 Å². The molecule has 0 amide bonds. The van der Waals surface area contributed by atoms with Gasteiger partial charge >= 0.3 is 0 Å². The number of rotatable bonds is 15. The number of aromatic nitrogens is 12. The molecule has 25 heteroatoms. The number of H-pyrrole nitrogens is 1. The molecule has 4 aromatic heterocycles. The fourth-order valence-electron chi connectivity index (χ4n) is 39.2. The first-order valence-electron chi connectivity index (χ1n) is 56.7. The number of aromatic amines is 1. The van der Waals surface area contributed by atoms with Crippen molar-refractivity contribution < 1.29 is 58.6 Å². The molecule has 16 aliphatic rings. The van der Waals surface area contributed by atoms with Gasteiger partial charge in [-0.25, -0.2) is 9.36 Å². The summed E-state index contributed by atoms with van der Waals surface area (Å²) in [5, 5.41) is 80.3. The SMILES string of the molecule is COc1ccc2c(c1)nnn2CC(=O)[C@H]1[C@H](C)C[C@H]2[C@@H]3CC[C@H]4C[C@](C)(O)CC[C@]4(C)[C@H]3CC[C@@]21C.COc1ccc2n[nH]nc2c1.COc1ccc2nn(CC(=O)[C@H]3[C@H](C)C[C@H]4[C@@H]5CC[C@H]6C[C@](C)(O)CC[C@]6(C)[C@H]5CC[C@@]43C)nc2c1.COc1ccc2nnn(CC(=O)[C@H]3[C@H](C)C[C@H]4[C@@H]5CC[C@H]6C[C@](C)(O)CC[C@]6(C)[C@H]5CC[C@@]43C)c2c1.C[C@@H]1C[C@H]2[C@@H]3CC[C@H]4C[C@](C)(O)CC[C@]4(C)[C@H]3CC[C@]2(C)[C@H]1C(=O)CBr. The van der Waals surface area contributed by atoms with E-state index in [1.54, 1.807) is 42.6 Å². The first-order valence-corrected chi connectivity index (χ1v) is 57.8. The Labute approximate surface area is 869 Å². The van der Waals surface area contributed by atoms with Gasteiger partial charge in [-0.15, -0.1) is 10.2 Å². The van der Waals surface area contributed by atoms with Crippen molar-refractivity contribution in [3.63, 3.8) is 0 Å². The molecule has 24 nitrogen and oxygen atoms in total. The summed E-state index contributed by atoms with van der Waals surface area (Å²) in [4.78, 5) is 56.1. The Hall–Kier alpha value is -7.32. The predicted molar refractivity (Wildman–Crippen MR) is 568 cm³/mol. The molecule has 145 heavy (non-hydrogen) atoms. The normalized spacial score (nSPS) is 43.7. The minimum Gasteiger partial charge on any atom is -0.497 e. The Morgan fingerprint density at radius 3 is 1.01 bits per heavy atom. The molecule has 0 spiro atoms. The molecule has 0 saturated heterocycles. The summed E-state index contributed by atoms with van der Waals surface area (Å²) >= 11 is 3.45. The number of methoxy groups -OCH3 is 4. The molecule has 792 valence electrons. The second-order valence-corrected chi connectivity index (χ2v) is 54.9. The quantitative estimate of drug-likeness (QED) is 0.0595. The van der Waals surface area contributed by atoms with Gasteiger partial charge in [0.1, 0.15) is 81.5 Å². The smallest absolute Gasteiger partial charge is 0.160 e. The number of carbonyl (C=O) groups excluding carboxylic acids is 4. The molecule has 5 N–H and O–H groups in total. The molecule has 16 fully saturated rings. The summed E-state index contributed by atoms with van der Waals surface area (Å²) in [6.45, 7) is 38.2. The second kappa shape index (κ2) is 38.8. The number of nitrogens with zero attached hydrogens (tertiary/aromatic N) is 11. The summed E-state index contributed by atoms with van der Waals surface area (Å²) in [6, 6.07) is 22.7. The first kappa shape index (κ1) is 105. The third kappa shape index (κ3) is 18.4. The van der Waals surface area contributed by atoms with Crippen molar-refractivity contribution in [1.29, 1.82) is 0 Å². The molecule has 8 aromatic rings. The lowest BCUT2D eigenvalue weighted by Crippen LogP contribution is -2.55. The highest BCUT2D eigenvalue weighted by Gasteiger charge is 2.69. The Bertz CT molecular complexity index is 6080. The molecular weight excluding hydrogens is 1880 g/mol. The number of halogens is 1. The highest BCUT2D eigenvalue weighted by Crippen LogP contribution is 2.75. The van der Waals surface area contributed by atoms with Gasteiger partial charge in [-0.05, 0) is 443 Å². The van der Waals surface area contributed by atoms with Crippen molar-refractivity contribution in [3.8, 4) is 23.0 Å². The average Bonchev–Trinajstić information content (AvgIpc) is 1.60. The van der Waals surface area contributed by atoms with Gasteiger partial charge in [0.15, 0.2) is 17.3 Å². The highest BCUT2D eigenvalue weighted by molar-refractivity contribution is 9.09. The van der Waals surface area contributed by atoms with Crippen molar-refractivity contribution in [2.75, 3.05) is 33.8 Å². The second-order valence-electron chi connectivity index (χ2n) is 54.3. The van der Waals surface area contributed by atoms with Crippen LogP contribution in [0.2, 0.25) is 0 Å². The molecule has 4 heterocycles. The van der Waals surface area contributed by atoms with Gasteiger partial charge in [0, 0.05) is 47.9 Å². The van der Waals surface area contributed by atoms with Gasteiger partial charge in [0.25, 0.3) is 0 Å². The third-order valence-electron chi connectivity index (χ3n) is 46.2. The number of ether oxygens (including phenoxy) is 4. The van der Waals surface area contributed by atoms with Crippen molar-refractivity contribution in [1.82, 2.24) is 60.4 Å². The molecule has 0 aliphatic heterocycles. The van der Waals surface area contributed by atoms with E-state index in [4.69, 9.17) is 18.9 Å². The zero-order valence-electron chi connectivity index (χ0n) is 91.1. The lowest BCUT2D eigenvalue weighted by Gasteiger charge is -2.61. The molecule has 24 rings (SSSR count). The molecule has 4 aromatic carbocycles. The lowest BCUT2D eigenvalue weighted by atomic mass is 9.44. The number of aliphatic hydroxyl groups is 4. The molecule has 16 saturated carbocycles. The first-order chi connectivity index (χ1) is 68.7. The maximum atomic E-state index is 14.0. The van der Waals surface area contributed by atoms with Crippen LogP contribution in [0.5, 0.6) is 23.0 Å². The third-order valence-corrected chi connectivity index (χ3v) is 46.8. The Morgan fingerprint density at radius 1 is 0.331 bits per heavy atom. The fraction of sp³-hybridized carbons (Fsp3) is 0.767. The van der Waals surface area contributed by atoms with E-state index in [0.717, 1.165) is 199 Å². The van der Waals surface area contributed by atoms with Gasteiger partial charge in [0.05, 0.1) is 67.2 Å². The van der Waals surface area contributed by atoms with E-state index in [1.807, 2.05) is 100 Å². The molecule has 0 radical (unpaired) electrons. The van der Waals surface area contributed by atoms with Crippen LogP contribution in [0.3, 0.4) is 0 Å². The number of benzene rings is 4. The number of nitrogens with one attached hydrogen (secondary N) is 1. The Morgan fingerprint density at radius 2 is 0.634 bits per heavy atom. The van der Waals surface area contributed by atoms with Gasteiger partial charge in [-0.3, -0.25) is 19.2 Å². The monoisotopic (exact) mass is 2050 g/mol. The van der Waals surface area contributed by atoms with Gasteiger partial charge in [-0.2, -0.15) is 30.4 Å². The largest absolute Gasteiger partial charge is 0.497 e. The van der Waals surface area contributed by atoms with Crippen LogP contribution >= 0.6 is 15.9 Å². The average molecular weight is 2060 g/mol. The summed E-state index contributed by atoms with van der Waals surface area (Å²) in [5.74, 6) is 17.8. The van der Waals surface area contributed by atoms with Gasteiger partial charge in [-0.1, -0.05) is 109 Å². The minimum atomic E-state index is -0.491. The molecule has 0 unspecified atom stereocenters. The van der Waals surface area contributed by atoms with Crippen molar-refractivity contribution in [2.24, 2.45) is 185 Å². The summed E-state index contributed by atoms with van der Waals surface area (Å²) in [7, 11) is 6.57. The minimum absolute atomic E-state index is 0.0646. The lowest BCUT2D eigenvalue weighted by molar-refractivity contribution is -0.151. The molecule has 36 atom stereocenters. The van der Waals surface area contributed by atoms with E-state index in [2.05, 4.69) is 145 Å². The number of hydrogen-bond acceptors (Lipinski definition) is 20. The Kier molecular flexibility index (Phi) is 28.0. The maximum Gasteiger partial charge on any atom is 0.160 e. The van der Waals surface area contributed by atoms with Crippen molar-refractivity contribution in [3.05, 3.63) is 72.8 Å². The number of alkyl halides is 1. The molecule has 16 aliphatic carbocycles. The Balaban J connectivity index is 0.000000114. The summed E-state index contributed by atoms with van der Waals surface area (Å²) in [6.07, 6.45) is 36.8. The standard InChI is InChI=1S/3C30H43N3O3.C23H37BrO2.C7H7N3O/c1-18-14-23-21-8-6-19-16-28(2,35)12-13-29(19,3)22(21)10-11-30(23,4)27(18)26(34)17-33-25-9-7-20(36-5)15-24(25)31-32-33;1-18-14-23-21-8-6-19-16-28(2,35)12-13-29(19,3)22(21)10-11-30(23,4)27(18)26(34)17-33-25-15-20(36-5)7-9-24(25)31-32-33;1-18-14-23-21-8-6-19-16-28(2,35)12-13-29(19,3)22(21)10-11-30(23,4)27(18)26(34)17-33-31-24-9-7-20(36-5)15-25(24)32-33;1-14-11-18-16-6-5-15-12-21(2,26)9-10-22(15,3)17(16)7-8-23(18,4)20(14)19(25)13-24;1-11-5-2-3-6-7(4-5)9-10-8-6/h3*7,9,15,18-19,21-23,27,35H,6,8,10-14,16-17H2,1-5H3;14-18,20,26H,5-13H2,1-4H3;2-4H,1H3,(H,8,9,10)/t3*18-,19+,21-,22+,23+,27-,28-,29+,30+;14-,15+,16-,17+,18+,20-,21-,22+,23+;/m1111./s1. The highest BCUT2D eigenvalue weighted by atomic mass is 79.9. The number of carbonyl (C=O) groups is 4. The fourth-order valence-corrected chi connectivity index (χ4v) is 39.6. The van der Waals surface area contributed by atoms with Crippen LogP contribution in [0.1, 0.15) is 316 Å². The van der Waals surface area contributed by atoms with Crippen molar-refractivity contribution >= 4 is 83.2 Å². The zero-order chi connectivity index (χ0) is 103. The van der Waals surface area contributed by atoms with Crippen LogP contribution in [0.4, 0.5) is 0 Å². The van der Waals surface area contributed by atoms with E-state index in [0.29, 0.717) is 140 Å². The van der Waals surface area contributed by atoms with Crippen LogP contribution in [-0.2, 0) is 38.8 Å². The van der Waals surface area contributed by atoms with E-state index in [-0.39, 0.29) is 58.4 Å². The van der Waals surface area contributed by atoms with Gasteiger partial charge in [0.2, 0.25) is 0 Å². The van der Waals surface area contributed by atoms with Crippen molar-refractivity contribution in [2.45, 2.75) is 358 Å². The number of fused-ring (bicyclic) bond motifs is 24.